The van der Waals surface area contributed by atoms with Crippen LogP contribution in [0.15, 0.2) is 6.07 Å². The Morgan fingerprint density at radius 1 is 1.27 bits per heavy atom. The van der Waals surface area contributed by atoms with Crippen LogP contribution in [0.5, 0.6) is 5.88 Å². The van der Waals surface area contributed by atoms with Crippen molar-refractivity contribution >= 4 is 12.4 Å². The second-order valence-electron chi connectivity index (χ2n) is 6.76. The van der Waals surface area contributed by atoms with Crippen LogP contribution in [0.25, 0.3) is 0 Å². The van der Waals surface area contributed by atoms with Gasteiger partial charge in [0.2, 0.25) is 5.88 Å². The third-order valence-corrected chi connectivity index (χ3v) is 5.30. The van der Waals surface area contributed by atoms with Gasteiger partial charge in [-0.25, -0.2) is 4.98 Å². The molecule has 0 bridgehead atoms. The Balaban J connectivity index is 0.00000176. The number of ether oxygens (including phenoxy) is 1. The van der Waals surface area contributed by atoms with E-state index in [2.05, 4.69) is 35.1 Å². The maximum atomic E-state index is 5.26. The monoisotopic (exact) mass is 325 g/mol. The summed E-state index contributed by atoms with van der Waals surface area (Å²) < 4.78 is 5.26. The highest BCUT2D eigenvalue weighted by Gasteiger charge is 2.38. The summed E-state index contributed by atoms with van der Waals surface area (Å²) in [5.41, 5.74) is 4.36. The predicted octanol–water partition coefficient (Wildman–Crippen LogP) is 2.70. The summed E-state index contributed by atoms with van der Waals surface area (Å²) in [5, 5.41) is 3.49. The van der Waals surface area contributed by atoms with Crippen LogP contribution in [0.4, 0.5) is 0 Å². The van der Waals surface area contributed by atoms with Gasteiger partial charge in [0.05, 0.1) is 7.11 Å². The number of nitrogens with one attached hydrogen (secondary N) is 1. The van der Waals surface area contributed by atoms with Crippen LogP contribution in [0.3, 0.4) is 0 Å². The standard InChI is InChI=1S/C17H27N3O.ClH/c1-13-10-16(21-3)19-14(2)15(13)11-20-9-6-17(12-20)4-7-18-8-5-17;/h10,18H,4-9,11-12H2,1-3H3;1H. The van der Waals surface area contributed by atoms with Crippen molar-refractivity contribution in [1.29, 1.82) is 0 Å². The van der Waals surface area contributed by atoms with E-state index in [1.165, 1.54) is 56.6 Å². The van der Waals surface area contributed by atoms with E-state index in [-0.39, 0.29) is 12.4 Å². The molecule has 2 saturated heterocycles. The molecule has 4 nitrogen and oxygen atoms in total. The van der Waals surface area contributed by atoms with Gasteiger partial charge < -0.3 is 10.1 Å². The van der Waals surface area contributed by atoms with Gasteiger partial charge in [0.15, 0.2) is 0 Å². The molecule has 3 heterocycles. The highest BCUT2D eigenvalue weighted by molar-refractivity contribution is 5.85. The number of likely N-dealkylation sites (tertiary alicyclic amines) is 1. The first kappa shape index (κ1) is 17.5. The van der Waals surface area contributed by atoms with Crippen molar-refractivity contribution in [3.05, 3.63) is 22.9 Å². The van der Waals surface area contributed by atoms with Gasteiger partial charge in [-0.3, -0.25) is 4.90 Å². The lowest BCUT2D eigenvalue weighted by molar-refractivity contribution is 0.193. The Morgan fingerprint density at radius 2 is 2.00 bits per heavy atom. The summed E-state index contributed by atoms with van der Waals surface area (Å²) >= 11 is 0. The van der Waals surface area contributed by atoms with Crippen molar-refractivity contribution in [3.8, 4) is 5.88 Å². The number of piperidine rings is 1. The molecule has 124 valence electrons. The average molecular weight is 326 g/mol. The second kappa shape index (κ2) is 7.16. The van der Waals surface area contributed by atoms with E-state index in [1.807, 2.05) is 0 Å². The van der Waals surface area contributed by atoms with Gasteiger partial charge in [-0.2, -0.15) is 0 Å². The molecule has 1 N–H and O–H groups in total. The summed E-state index contributed by atoms with van der Waals surface area (Å²) in [7, 11) is 1.68. The molecule has 2 aliphatic heterocycles. The molecule has 1 aromatic rings. The topological polar surface area (TPSA) is 37.4 Å². The van der Waals surface area contributed by atoms with E-state index in [0.717, 1.165) is 18.1 Å². The molecule has 1 spiro atoms. The number of hydrogen-bond acceptors (Lipinski definition) is 4. The van der Waals surface area contributed by atoms with Crippen LogP contribution < -0.4 is 10.1 Å². The lowest BCUT2D eigenvalue weighted by Crippen LogP contribution is -2.38. The van der Waals surface area contributed by atoms with Crippen LogP contribution >= 0.6 is 12.4 Å². The van der Waals surface area contributed by atoms with Gasteiger partial charge in [-0.1, -0.05) is 0 Å². The van der Waals surface area contributed by atoms with Gasteiger partial charge in [0.1, 0.15) is 0 Å². The van der Waals surface area contributed by atoms with Crippen LogP contribution in [-0.4, -0.2) is 43.2 Å². The van der Waals surface area contributed by atoms with Crippen molar-refractivity contribution < 1.29 is 4.74 Å². The number of aromatic nitrogens is 1. The first-order valence-corrected chi connectivity index (χ1v) is 8.06. The number of pyridine rings is 1. The van der Waals surface area contributed by atoms with E-state index in [1.54, 1.807) is 7.11 Å². The SMILES string of the molecule is COc1cc(C)c(CN2CCC3(CCNCC3)C2)c(C)n1.Cl. The molecule has 1 aromatic heterocycles. The Labute approximate surface area is 140 Å². The smallest absolute Gasteiger partial charge is 0.213 e. The summed E-state index contributed by atoms with van der Waals surface area (Å²) in [6.45, 7) is 10.2. The zero-order chi connectivity index (χ0) is 14.9. The fourth-order valence-electron chi connectivity index (χ4n) is 3.92. The fraction of sp³-hybridized carbons (Fsp3) is 0.706. The molecule has 0 unspecified atom stereocenters. The molecule has 5 heteroatoms. The minimum atomic E-state index is 0. The van der Waals surface area contributed by atoms with Crippen LogP contribution in [0.2, 0.25) is 0 Å². The van der Waals surface area contributed by atoms with E-state index in [4.69, 9.17) is 4.74 Å². The Kier molecular flexibility index (Phi) is 5.70. The summed E-state index contributed by atoms with van der Waals surface area (Å²) in [5.74, 6) is 0.727. The summed E-state index contributed by atoms with van der Waals surface area (Å²) in [6, 6.07) is 2.05. The first-order chi connectivity index (χ1) is 10.1. The van der Waals surface area contributed by atoms with E-state index in [9.17, 15) is 0 Å². The molecule has 0 aliphatic carbocycles. The van der Waals surface area contributed by atoms with Crippen molar-refractivity contribution in [1.82, 2.24) is 15.2 Å². The zero-order valence-corrected chi connectivity index (χ0v) is 14.8. The van der Waals surface area contributed by atoms with Gasteiger partial charge in [-0.05, 0) is 69.3 Å². The Morgan fingerprint density at radius 3 is 2.64 bits per heavy atom. The molecule has 3 rings (SSSR count). The van der Waals surface area contributed by atoms with Gasteiger partial charge >= 0.3 is 0 Å². The van der Waals surface area contributed by atoms with E-state index in [0.29, 0.717) is 5.41 Å². The highest BCUT2D eigenvalue weighted by Crippen LogP contribution is 2.39. The van der Waals surface area contributed by atoms with Gasteiger partial charge in [0, 0.05) is 24.8 Å². The molecular formula is C17H28ClN3O. The largest absolute Gasteiger partial charge is 0.481 e. The average Bonchev–Trinajstić information content (AvgIpc) is 2.86. The molecule has 0 atom stereocenters. The lowest BCUT2D eigenvalue weighted by Gasteiger charge is -2.34. The molecule has 0 saturated carbocycles. The van der Waals surface area contributed by atoms with Crippen LogP contribution in [-0.2, 0) is 6.54 Å². The van der Waals surface area contributed by atoms with Gasteiger partial charge in [-0.15, -0.1) is 12.4 Å². The minimum Gasteiger partial charge on any atom is -0.481 e. The van der Waals surface area contributed by atoms with Crippen LogP contribution in [0.1, 0.15) is 36.1 Å². The maximum Gasteiger partial charge on any atom is 0.213 e. The molecule has 2 fully saturated rings. The maximum absolute atomic E-state index is 5.26. The molecule has 0 aromatic carbocycles. The number of rotatable bonds is 3. The number of halogens is 1. The minimum absolute atomic E-state index is 0. The van der Waals surface area contributed by atoms with Crippen molar-refractivity contribution in [2.45, 2.75) is 39.7 Å². The molecule has 0 radical (unpaired) electrons. The van der Waals surface area contributed by atoms with Crippen molar-refractivity contribution in [2.75, 3.05) is 33.3 Å². The lowest BCUT2D eigenvalue weighted by atomic mass is 9.78. The zero-order valence-electron chi connectivity index (χ0n) is 13.9. The molecule has 0 amide bonds. The third-order valence-electron chi connectivity index (χ3n) is 5.30. The fourth-order valence-corrected chi connectivity index (χ4v) is 3.92. The predicted molar refractivity (Wildman–Crippen MR) is 91.9 cm³/mol. The summed E-state index contributed by atoms with van der Waals surface area (Å²) in [4.78, 5) is 7.16. The second-order valence-corrected chi connectivity index (χ2v) is 6.76. The van der Waals surface area contributed by atoms with E-state index < -0.39 is 0 Å². The van der Waals surface area contributed by atoms with E-state index >= 15 is 0 Å². The van der Waals surface area contributed by atoms with Crippen molar-refractivity contribution in [3.63, 3.8) is 0 Å². The molecule has 22 heavy (non-hydrogen) atoms. The number of nitrogens with zero attached hydrogens (tertiary/aromatic N) is 2. The summed E-state index contributed by atoms with van der Waals surface area (Å²) in [6.07, 6.45) is 4.03. The number of aryl methyl sites for hydroxylation is 2. The molecule has 2 aliphatic rings. The number of methoxy groups -OCH3 is 1. The first-order valence-electron chi connectivity index (χ1n) is 8.06. The van der Waals surface area contributed by atoms with Crippen LogP contribution in [0, 0.1) is 19.3 Å². The Hall–Kier alpha value is -0.840. The van der Waals surface area contributed by atoms with Gasteiger partial charge in [0.25, 0.3) is 0 Å². The van der Waals surface area contributed by atoms with Crippen molar-refractivity contribution in [2.24, 2.45) is 5.41 Å². The third kappa shape index (κ3) is 3.55. The quantitative estimate of drug-likeness (QED) is 0.927. The normalized spacial score (nSPS) is 20.9. The highest BCUT2D eigenvalue weighted by atomic mass is 35.5. The molecular weight excluding hydrogens is 298 g/mol. The number of hydrogen-bond donors (Lipinski definition) is 1. The Bertz CT molecular complexity index is 492.